The number of hydrogen-bond donors (Lipinski definition) is 1. The molecule has 0 saturated heterocycles. The Morgan fingerprint density at radius 3 is 2.53 bits per heavy atom. The zero-order chi connectivity index (χ0) is 13.4. The van der Waals surface area contributed by atoms with Crippen molar-refractivity contribution in [1.29, 1.82) is 5.26 Å². The number of rotatable bonds is 1. The number of H-pyrrole nitrogens is 1. The van der Waals surface area contributed by atoms with Crippen molar-refractivity contribution >= 4 is 10.9 Å². The molecule has 3 rings (SSSR count). The predicted molar refractivity (Wildman–Crippen MR) is 68.4 cm³/mol. The zero-order valence-corrected chi connectivity index (χ0v) is 9.74. The topological polar surface area (TPSA) is 39.6 Å². The fourth-order valence-corrected chi connectivity index (χ4v) is 2.02. The van der Waals surface area contributed by atoms with E-state index in [0.29, 0.717) is 16.8 Å². The van der Waals surface area contributed by atoms with E-state index in [1.807, 2.05) is 6.07 Å². The van der Waals surface area contributed by atoms with E-state index in [4.69, 9.17) is 5.26 Å². The summed E-state index contributed by atoms with van der Waals surface area (Å²) in [6.45, 7) is 0. The molecule has 0 fully saturated rings. The largest absolute Gasteiger partial charge is 0.355 e. The Kier molecular flexibility index (Phi) is 2.53. The fraction of sp³-hybridized carbons (Fsp3) is 0. The van der Waals surface area contributed by atoms with E-state index >= 15 is 0 Å². The summed E-state index contributed by atoms with van der Waals surface area (Å²) in [5, 5.41) is 9.70. The van der Waals surface area contributed by atoms with Crippen LogP contribution in [0.2, 0.25) is 0 Å². The van der Waals surface area contributed by atoms with Gasteiger partial charge in [-0.05, 0) is 42.5 Å². The monoisotopic (exact) mass is 254 g/mol. The first-order valence-electron chi connectivity index (χ1n) is 5.65. The van der Waals surface area contributed by atoms with Crippen molar-refractivity contribution in [3.63, 3.8) is 0 Å². The van der Waals surface area contributed by atoms with Crippen LogP contribution in [0.1, 0.15) is 5.56 Å². The average Bonchev–Trinajstić information content (AvgIpc) is 2.84. The summed E-state index contributed by atoms with van der Waals surface area (Å²) < 4.78 is 26.1. The highest BCUT2D eigenvalue weighted by atomic mass is 19.2. The molecule has 2 nitrogen and oxygen atoms in total. The van der Waals surface area contributed by atoms with Crippen LogP contribution in [0, 0.1) is 23.0 Å². The van der Waals surface area contributed by atoms with Gasteiger partial charge >= 0.3 is 0 Å². The van der Waals surface area contributed by atoms with Crippen LogP contribution in [-0.4, -0.2) is 4.98 Å². The molecule has 0 radical (unpaired) electrons. The van der Waals surface area contributed by atoms with Crippen molar-refractivity contribution in [2.75, 3.05) is 0 Å². The fourth-order valence-electron chi connectivity index (χ4n) is 2.02. The maximum atomic E-state index is 13.2. The molecule has 0 bridgehead atoms. The van der Waals surface area contributed by atoms with Gasteiger partial charge in [-0.15, -0.1) is 0 Å². The number of aromatic amines is 1. The first kappa shape index (κ1) is 11.4. The molecule has 3 aromatic rings. The lowest BCUT2D eigenvalue weighted by molar-refractivity contribution is 0.509. The third-order valence-corrected chi connectivity index (χ3v) is 2.98. The van der Waals surface area contributed by atoms with Gasteiger partial charge in [0.2, 0.25) is 0 Å². The van der Waals surface area contributed by atoms with Crippen LogP contribution in [0.5, 0.6) is 0 Å². The normalized spacial score (nSPS) is 10.6. The summed E-state index contributed by atoms with van der Waals surface area (Å²) in [6.07, 6.45) is 0. The van der Waals surface area contributed by atoms with Crippen molar-refractivity contribution in [1.82, 2.24) is 4.98 Å². The molecular weight excluding hydrogens is 246 g/mol. The van der Waals surface area contributed by atoms with Crippen LogP contribution >= 0.6 is 0 Å². The molecule has 2 aromatic carbocycles. The molecule has 1 N–H and O–H groups in total. The molecule has 0 aliphatic carbocycles. The van der Waals surface area contributed by atoms with Gasteiger partial charge in [-0.25, -0.2) is 8.78 Å². The summed E-state index contributed by atoms with van der Waals surface area (Å²) in [7, 11) is 0. The molecular formula is C15H8F2N2. The number of nitriles is 1. The minimum absolute atomic E-state index is 0.559. The summed E-state index contributed by atoms with van der Waals surface area (Å²) >= 11 is 0. The van der Waals surface area contributed by atoms with E-state index in [9.17, 15) is 8.78 Å². The molecule has 0 saturated carbocycles. The van der Waals surface area contributed by atoms with Gasteiger partial charge in [0.1, 0.15) is 0 Å². The minimum atomic E-state index is -0.881. The molecule has 4 heteroatoms. The van der Waals surface area contributed by atoms with Crippen molar-refractivity contribution in [3.05, 3.63) is 59.7 Å². The quantitative estimate of drug-likeness (QED) is 0.700. The Morgan fingerprint density at radius 1 is 0.947 bits per heavy atom. The van der Waals surface area contributed by atoms with Crippen LogP contribution in [0.4, 0.5) is 8.78 Å². The van der Waals surface area contributed by atoms with Gasteiger partial charge in [0.25, 0.3) is 0 Å². The van der Waals surface area contributed by atoms with Crippen LogP contribution in [0.25, 0.3) is 22.2 Å². The minimum Gasteiger partial charge on any atom is -0.355 e. The Morgan fingerprint density at radius 2 is 1.79 bits per heavy atom. The van der Waals surface area contributed by atoms with E-state index in [1.165, 1.54) is 6.07 Å². The van der Waals surface area contributed by atoms with Crippen LogP contribution in [-0.2, 0) is 0 Å². The molecule has 1 aromatic heterocycles. The van der Waals surface area contributed by atoms with Crippen LogP contribution in [0.15, 0.2) is 42.5 Å². The summed E-state index contributed by atoms with van der Waals surface area (Å²) in [5.41, 5.74) is 2.65. The lowest BCUT2D eigenvalue weighted by atomic mass is 10.1. The zero-order valence-electron chi connectivity index (χ0n) is 9.74. The average molecular weight is 254 g/mol. The van der Waals surface area contributed by atoms with Gasteiger partial charge in [-0.1, -0.05) is 0 Å². The third kappa shape index (κ3) is 1.95. The van der Waals surface area contributed by atoms with Gasteiger partial charge in [0.15, 0.2) is 11.6 Å². The maximum absolute atomic E-state index is 13.2. The Hall–Kier alpha value is -2.67. The maximum Gasteiger partial charge on any atom is 0.159 e. The third-order valence-electron chi connectivity index (χ3n) is 2.98. The first-order valence-corrected chi connectivity index (χ1v) is 5.65. The highest BCUT2D eigenvalue weighted by Gasteiger charge is 2.07. The molecule has 92 valence electrons. The SMILES string of the molecule is N#Cc1ccc2[nH]c(-c3ccc(F)c(F)c3)cc2c1. The Labute approximate surface area is 107 Å². The molecule has 0 aliphatic rings. The van der Waals surface area contributed by atoms with Crippen molar-refractivity contribution in [2.45, 2.75) is 0 Å². The highest BCUT2D eigenvalue weighted by Crippen LogP contribution is 2.25. The van der Waals surface area contributed by atoms with Crippen LogP contribution in [0.3, 0.4) is 0 Å². The van der Waals surface area contributed by atoms with Gasteiger partial charge in [-0.3, -0.25) is 0 Å². The smallest absolute Gasteiger partial charge is 0.159 e. The van der Waals surface area contributed by atoms with E-state index in [2.05, 4.69) is 11.1 Å². The number of nitrogens with zero attached hydrogens (tertiary/aromatic N) is 1. The molecule has 0 unspecified atom stereocenters. The standard InChI is InChI=1S/C15H8F2N2/c16-12-3-2-10(6-13(12)17)15-7-11-5-9(8-18)1-4-14(11)19-15/h1-7,19H. The molecule has 0 spiro atoms. The second kappa shape index (κ2) is 4.21. The Balaban J connectivity index is 2.15. The van der Waals surface area contributed by atoms with Gasteiger partial charge < -0.3 is 4.98 Å². The van der Waals surface area contributed by atoms with Crippen molar-refractivity contribution < 1.29 is 8.78 Å². The number of halogens is 2. The molecule has 19 heavy (non-hydrogen) atoms. The lowest BCUT2D eigenvalue weighted by Crippen LogP contribution is -1.85. The van der Waals surface area contributed by atoms with Gasteiger partial charge in [0, 0.05) is 22.2 Å². The van der Waals surface area contributed by atoms with E-state index in [0.717, 1.165) is 23.0 Å². The molecule has 0 atom stereocenters. The van der Waals surface area contributed by atoms with E-state index in [-0.39, 0.29) is 0 Å². The highest BCUT2D eigenvalue weighted by molar-refractivity contribution is 5.86. The Bertz CT molecular complexity index is 813. The second-order valence-corrected chi connectivity index (χ2v) is 4.23. The summed E-state index contributed by atoms with van der Waals surface area (Å²) in [4.78, 5) is 3.11. The number of fused-ring (bicyclic) bond motifs is 1. The number of aromatic nitrogens is 1. The van der Waals surface area contributed by atoms with Crippen LogP contribution < -0.4 is 0 Å². The predicted octanol–water partition coefficient (Wildman–Crippen LogP) is 3.98. The van der Waals surface area contributed by atoms with E-state index < -0.39 is 11.6 Å². The summed E-state index contributed by atoms with van der Waals surface area (Å²) in [6, 6.07) is 12.9. The van der Waals surface area contributed by atoms with E-state index in [1.54, 1.807) is 18.2 Å². The second-order valence-electron chi connectivity index (χ2n) is 4.23. The van der Waals surface area contributed by atoms with Gasteiger partial charge in [0.05, 0.1) is 11.6 Å². The van der Waals surface area contributed by atoms with Crippen molar-refractivity contribution in [2.24, 2.45) is 0 Å². The molecule has 0 amide bonds. The first-order chi connectivity index (χ1) is 9.17. The summed E-state index contributed by atoms with van der Waals surface area (Å²) in [5.74, 6) is -1.75. The number of hydrogen-bond acceptors (Lipinski definition) is 1. The molecule has 0 aliphatic heterocycles. The number of nitrogens with one attached hydrogen (secondary N) is 1. The lowest BCUT2D eigenvalue weighted by Gasteiger charge is -1.98. The van der Waals surface area contributed by atoms with Crippen molar-refractivity contribution in [3.8, 4) is 17.3 Å². The number of benzene rings is 2. The molecule has 1 heterocycles. The van der Waals surface area contributed by atoms with Gasteiger partial charge in [-0.2, -0.15) is 5.26 Å².